The summed E-state index contributed by atoms with van der Waals surface area (Å²) in [6.07, 6.45) is 0.656. The molecular weight excluding hydrogens is 338 g/mol. The number of hydrogen-bond donors (Lipinski definition) is 0. The number of carbonyl (C=O) groups is 1. The average molecular weight is 365 g/mol. The molecule has 25 heavy (non-hydrogen) atoms. The molecule has 2 saturated heterocycles. The molecule has 2 heterocycles. The van der Waals surface area contributed by atoms with Crippen LogP contribution in [0, 0.1) is 5.92 Å². The first-order valence-corrected chi connectivity index (χ1v) is 10.6. The van der Waals surface area contributed by atoms with Gasteiger partial charge < -0.3 is 4.90 Å². The summed E-state index contributed by atoms with van der Waals surface area (Å²) in [5.41, 5.74) is 1.27. The quantitative estimate of drug-likeness (QED) is 0.814. The number of piperazine rings is 1. The second-order valence-corrected chi connectivity index (χ2v) is 9.29. The van der Waals surface area contributed by atoms with Gasteiger partial charge in [0, 0.05) is 44.8 Å². The highest BCUT2D eigenvalue weighted by Gasteiger charge is 2.28. The molecule has 3 rings (SSSR count). The van der Waals surface area contributed by atoms with Crippen LogP contribution in [0.5, 0.6) is 0 Å². The van der Waals surface area contributed by atoms with Gasteiger partial charge in [0.2, 0.25) is 10.0 Å². The second kappa shape index (κ2) is 7.33. The molecule has 0 radical (unpaired) electrons. The van der Waals surface area contributed by atoms with Crippen molar-refractivity contribution in [2.75, 3.05) is 49.3 Å². The molecule has 2 aliphatic rings. The Labute approximate surface area is 150 Å². The average Bonchev–Trinajstić information content (AvgIpc) is 2.94. The molecule has 6 nitrogen and oxygen atoms in total. The topological polar surface area (TPSA) is 60.9 Å². The number of hydrogen-bond acceptors (Lipinski definition) is 4. The number of nitrogens with zero attached hydrogens (tertiary/aromatic N) is 3. The SMILES string of the molecule is CC(C)CN1CCN(C(=O)c2ccc(N3CCCS3(=O)=O)cc2)CC1. The standard InChI is InChI=1S/C18H27N3O3S/c1-15(2)14-19-9-11-20(12-10-19)18(22)16-4-6-17(7-5-16)21-8-3-13-25(21,23)24/h4-7,15H,3,8-14H2,1-2H3. The van der Waals surface area contributed by atoms with Gasteiger partial charge in [-0.05, 0) is 36.6 Å². The Bertz CT molecular complexity index is 708. The second-order valence-electron chi connectivity index (χ2n) is 7.28. The lowest BCUT2D eigenvalue weighted by Gasteiger charge is -2.35. The summed E-state index contributed by atoms with van der Waals surface area (Å²) in [4.78, 5) is 17.0. The Kier molecular flexibility index (Phi) is 5.34. The van der Waals surface area contributed by atoms with Crippen LogP contribution in [0.3, 0.4) is 0 Å². The third-order valence-electron chi connectivity index (χ3n) is 4.78. The lowest BCUT2D eigenvalue weighted by molar-refractivity contribution is 0.0624. The largest absolute Gasteiger partial charge is 0.336 e. The molecule has 2 aliphatic heterocycles. The molecule has 0 unspecified atom stereocenters. The van der Waals surface area contributed by atoms with Crippen LogP contribution in [0.1, 0.15) is 30.6 Å². The van der Waals surface area contributed by atoms with Crippen molar-refractivity contribution in [3.8, 4) is 0 Å². The van der Waals surface area contributed by atoms with Crippen molar-refractivity contribution < 1.29 is 13.2 Å². The summed E-state index contributed by atoms with van der Waals surface area (Å²) in [7, 11) is -3.18. The van der Waals surface area contributed by atoms with Crippen molar-refractivity contribution in [1.82, 2.24) is 9.80 Å². The van der Waals surface area contributed by atoms with E-state index in [1.54, 1.807) is 24.3 Å². The first-order valence-electron chi connectivity index (χ1n) is 8.99. The molecule has 1 aromatic carbocycles. The third-order valence-corrected chi connectivity index (χ3v) is 6.65. The predicted octanol–water partition coefficient (Wildman–Crippen LogP) is 1.64. The van der Waals surface area contributed by atoms with E-state index in [0.29, 0.717) is 30.1 Å². The molecule has 138 valence electrons. The molecule has 7 heteroatoms. The zero-order chi connectivity index (χ0) is 18.0. The smallest absolute Gasteiger partial charge is 0.253 e. The number of anilines is 1. The van der Waals surface area contributed by atoms with Crippen molar-refractivity contribution in [2.24, 2.45) is 5.92 Å². The van der Waals surface area contributed by atoms with Gasteiger partial charge >= 0.3 is 0 Å². The summed E-state index contributed by atoms with van der Waals surface area (Å²) in [5.74, 6) is 0.866. The highest BCUT2D eigenvalue weighted by molar-refractivity contribution is 7.93. The molecule has 0 aromatic heterocycles. The van der Waals surface area contributed by atoms with Crippen LogP contribution in [0.15, 0.2) is 24.3 Å². The van der Waals surface area contributed by atoms with E-state index in [1.165, 1.54) is 4.31 Å². The van der Waals surface area contributed by atoms with Crippen LogP contribution in [0.4, 0.5) is 5.69 Å². The van der Waals surface area contributed by atoms with Crippen LogP contribution in [0.25, 0.3) is 0 Å². The van der Waals surface area contributed by atoms with Gasteiger partial charge in [0.05, 0.1) is 11.4 Å². The minimum atomic E-state index is -3.18. The Balaban J connectivity index is 1.62. The fourth-order valence-electron chi connectivity index (χ4n) is 3.53. The molecule has 0 bridgehead atoms. The van der Waals surface area contributed by atoms with Gasteiger partial charge in [-0.15, -0.1) is 0 Å². The first kappa shape index (κ1) is 18.2. The van der Waals surface area contributed by atoms with Gasteiger partial charge in [-0.25, -0.2) is 8.42 Å². The van der Waals surface area contributed by atoms with E-state index < -0.39 is 10.0 Å². The lowest BCUT2D eigenvalue weighted by Crippen LogP contribution is -2.49. The summed E-state index contributed by atoms with van der Waals surface area (Å²) < 4.78 is 25.4. The van der Waals surface area contributed by atoms with Gasteiger partial charge in [0.25, 0.3) is 5.91 Å². The number of rotatable bonds is 4. The maximum Gasteiger partial charge on any atom is 0.253 e. The minimum absolute atomic E-state index is 0.0278. The Hall–Kier alpha value is -1.60. The van der Waals surface area contributed by atoms with Gasteiger partial charge in [0.1, 0.15) is 0 Å². The molecule has 0 N–H and O–H groups in total. The Morgan fingerprint density at radius 2 is 1.68 bits per heavy atom. The van der Waals surface area contributed by atoms with E-state index in [4.69, 9.17) is 0 Å². The molecule has 0 atom stereocenters. The summed E-state index contributed by atoms with van der Waals surface area (Å²) >= 11 is 0. The fourth-order valence-corrected chi connectivity index (χ4v) is 5.10. The summed E-state index contributed by atoms with van der Waals surface area (Å²) in [6.45, 7) is 9.32. The monoisotopic (exact) mass is 365 g/mol. The number of carbonyl (C=O) groups excluding carboxylic acids is 1. The van der Waals surface area contributed by atoms with E-state index >= 15 is 0 Å². The van der Waals surface area contributed by atoms with Crippen LogP contribution in [-0.4, -0.2) is 69.1 Å². The number of sulfonamides is 1. The molecule has 0 aliphatic carbocycles. The Morgan fingerprint density at radius 3 is 2.20 bits per heavy atom. The highest BCUT2D eigenvalue weighted by atomic mass is 32.2. The van der Waals surface area contributed by atoms with Gasteiger partial charge in [-0.3, -0.25) is 14.0 Å². The van der Waals surface area contributed by atoms with Gasteiger partial charge in [0.15, 0.2) is 0 Å². The van der Waals surface area contributed by atoms with E-state index in [2.05, 4.69) is 18.7 Å². The van der Waals surface area contributed by atoms with Crippen LogP contribution in [0.2, 0.25) is 0 Å². The van der Waals surface area contributed by atoms with Crippen molar-refractivity contribution in [3.63, 3.8) is 0 Å². The van der Waals surface area contributed by atoms with E-state index in [1.807, 2.05) is 4.90 Å². The van der Waals surface area contributed by atoms with E-state index in [0.717, 1.165) is 32.7 Å². The maximum atomic E-state index is 12.7. The summed E-state index contributed by atoms with van der Waals surface area (Å²) in [6, 6.07) is 6.97. The van der Waals surface area contributed by atoms with Crippen molar-refractivity contribution in [2.45, 2.75) is 20.3 Å². The molecule has 0 saturated carbocycles. The van der Waals surface area contributed by atoms with Gasteiger partial charge in [-0.2, -0.15) is 0 Å². The lowest BCUT2D eigenvalue weighted by atomic mass is 10.1. The number of benzene rings is 1. The van der Waals surface area contributed by atoms with Crippen molar-refractivity contribution in [3.05, 3.63) is 29.8 Å². The molecule has 1 amide bonds. The Morgan fingerprint density at radius 1 is 1.04 bits per heavy atom. The molecule has 2 fully saturated rings. The van der Waals surface area contributed by atoms with E-state index in [-0.39, 0.29) is 11.7 Å². The summed E-state index contributed by atoms with van der Waals surface area (Å²) in [5, 5.41) is 0. The highest BCUT2D eigenvalue weighted by Crippen LogP contribution is 2.24. The minimum Gasteiger partial charge on any atom is -0.336 e. The third kappa shape index (κ3) is 4.15. The van der Waals surface area contributed by atoms with Crippen LogP contribution in [-0.2, 0) is 10.0 Å². The zero-order valence-corrected chi connectivity index (χ0v) is 15.8. The molecular formula is C18H27N3O3S. The predicted molar refractivity (Wildman–Crippen MR) is 99.4 cm³/mol. The molecule has 0 spiro atoms. The van der Waals surface area contributed by atoms with Gasteiger partial charge in [-0.1, -0.05) is 13.8 Å². The number of amides is 1. The molecule has 1 aromatic rings. The first-order chi connectivity index (χ1) is 11.9. The van der Waals surface area contributed by atoms with Crippen molar-refractivity contribution in [1.29, 1.82) is 0 Å². The van der Waals surface area contributed by atoms with Crippen LogP contribution < -0.4 is 4.31 Å². The van der Waals surface area contributed by atoms with Crippen molar-refractivity contribution >= 4 is 21.6 Å². The van der Waals surface area contributed by atoms with Crippen LogP contribution >= 0.6 is 0 Å². The normalized spacial score (nSPS) is 21.1. The zero-order valence-electron chi connectivity index (χ0n) is 15.0. The van der Waals surface area contributed by atoms with E-state index in [9.17, 15) is 13.2 Å². The fraction of sp³-hybridized carbons (Fsp3) is 0.611. The maximum absolute atomic E-state index is 12.7.